The Balaban J connectivity index is 1.85. The fraction of sp³-hybridized carbons (Fsp3) is 0.250. The van der Waals surface area contributed by atoms with Gasteiger partial charge in [-0.1, -0.05) is 22.9 Å². The number of sulfone groups is 1. The molecule has 1 amide bonds. The number of amides is 1. The molecule has 2 N–H and O–H groups in total. The SMILES string of the molecule is COC(=O)Cn1c(=NC(=O)CCCS(=O)(=O)c2ccc(Cl)cc2)sc2cc(S(N)(=O)=O)ccc21. The number of methoxy groups -OCH3 is 1. The maximum atomic E-state index is 12.5. The number of nitrogens with zero attached hydrogens (tertiary/aromatic N) is 2. The summed E-state index contributed by atoms with van der Waals surface area (Å²) in [4.78, 5) is 28.5. The molecule has 34 heavy (non-hydrogen) atoms. The maximum absolute atomic E-state index is 12.5. The molecule has 0 aliphatic carbocycles. The van der Waals surface area contributed by atoms with Crippen LogP contribution in [0.1, 0.15) is 12.8 Å². The van der Waals surface area contributed by atoms with Crippen molar-refractivity contribution in [3.05, 3.63) is 52.3 Å². The van der Waals surface area contributed by atoms with Crippen molar-refractivity contribution < 1.29 is 31.2 Å². The summed E-state index contributed by atoms with van der Waals surface area (Å²) in [5.74, 6) is -1.45. The van der Waals surface area contributed by atoms with E-state index in [1.807, 2.05) is 0 Å². The van der Waals surface area contributed by atoms with Crippen LogP contribution in [-0.2, 0) is 40.7 Å². The first-order valence-corrected chi connectivity index (χ1v) is 14.1. The first-order valence-electron chi connectivity index (χ1n) is 9.69. The Morgan fingerprint density at radius 3 is 2.35 bits per heavy atom. The predicted molar refractivity (Wildman–Crippen MR) is 127 cm³/mol. The lowest BCUT2D eigenvalue weighted by Gasteiger charge is -2.05. The molecule has 3 aromatic rings. The van der Waals surface area contributed by atoms with Gasteiger partial charge >= 0.3 is 5.97 Å². The number of sulfonamides is 1. The molecule has 10 nitrogen and oxygen atoms in total. The summed E-state index contributed by atoms with van der Waals surface area (Å²) in [6.45, 7) is -0.262. The molecule has 0 saturated heterocycles. The third-order valence-electron chi connectivity index (χ3n) is 4.69. The fourth-order valence-electron chi connectivity index (χ4n) is 3.00. The first kappa shape index (κ1) is 26.0. The van der Waals surface area contributed by atoms with Crippen LogP contribution in [0.25, 0.3) is 10.2 Å². The Morgan fingerprint density at radius 2 is 1.74 bits per heavy atom. The highest BCUT2D eigenvalue weighted by molar-refractivity contribution is 7.91. The van der Waals surface area contributed by atoms with Crippen molar-refractivity contribution >= 4 is 64.9 Å². The quantitative estimate of drug-likeness (QED) is 0.423. The van der Waals surface area contributed by atoms with Crippen LogP contribution in [0.15, 0.2) is 57.2 Å². The van der Waals surface area contributed by atoms with Gasteiger partial charge in [0.05, 0.1) is 32.9 Å². The minimum atomic E-state index is -3.96. The minimum absolute atomic E-state index is 0.0325. The molecule has 0 bridgehead atoms. The summed E-state index contributed by atoms with van der Waals surface area (Å²) in [7, 11) is -6.35. The van der Waals surface area contributed by atoms with Gasteiger partial charge in [-0.25, -0.2) is 22.0 Å². The molecule has 182 valence electrons. The third kappa shape index (κ3) is 6.30. The number of carbonyl (C=O) groups is 2. The fourth-order valence-corrected chi connectivity index (χ4v) is 6.14. The molecule has 1 aromatic heterocycles. The third-order valence-corrected chi connectivity index (χ3v) is 8.72. The number of primary sulfonamides is 1. The highest BCUT2D eigenvalue weighted by Crippen LogP contribution is 2.22. The molecule has 0 spiro atoms. The van der Waals surface area contributed by atoms with E-state index in [-0.39, 0.29) is 39.7 Å². The van der Waals surface area contributed by atoms with Crippen LogP contribution in [0.4, 0.5) is 0 Å². The van der Waals surface area contributed by atoms with E-state index in [9.17, 15) is 26.4 Å². The molecule has 0 unspecified atom stereocenters. The molecule has 0 aliphatic heterocycles. The van der Waals surface area contributed by atoms with Crippen molar-refractivity contribution in [3.63, 3.8) is 0 Å². The Kier molecular flexibility index (Phi) is 7.93. The lowest BCUT2D eigenvalue weighted by atomic mass is 10.3. The monoisotopic (exact) mass is 545 g/mol. The second-order valence-electron chi connectivity index (χ2n) is 7.10. The summed E-state index contributed by atoms with van der Waals surface area (Å²) in [5.41, 5.74) is 0.458. The number of hydrogen-bond donors (Lipinski definition) is 1. The topological polar surface area (TPSA) is 155 Å². The van der Waals surface area contributed by atoms with E-state index in [1.54, 1.807) is 0 Å². The number of aromatic nitrogens is 1. The van der Waals surface area contributed by atoms with Gasteiger partial charge in [-0.05, 0) is 48.9 Å². The summed E-state index contributed by atoms with van der Waals surface area (Å²) in [6.07, 6.45) is -0.119. The minimum Gasteiger partial charge on any atom is -0.468 e. The summed E-state index contributed by atoms with van der Waals surface area (Å²) < 4.78 is 54.7. The maximum Gasteiger partial charge on any atom is 0.325 e. The van der Waals surface area contributed by atoms with Gasteiger partial charge in [0.2, 0.25) is 15.9 Å². The van der Waals surface area contributed by atoms with E-state index in [2.05, 4.69) is 9.73 Å². The van der Waals surface area contributed by atoms with Gasteiger partial charge in [0.1, 0.15) is 6.54 Å². The van der Waals surface area contributed by atoms with Crippen LogP contribution in [-0.4, -0.2) is 46.1 Å². The first-order chi connectivity index (χ1) is 15.9. The number of nitrogens with two attached hydrogens (primary N) is 1. The van der Waals surface area contributed by atoms with Gasteiger partial charge in [0.25, 0.3) is 0 Å². The van der Waals surface area contributed by atoms with Crippen molar-refractivity contribution in [2.75, 3.05) is 12.9 Å². The second-order valence-corrected chi connectivity index (χ2v) is 12.2. The summed E-state index contributed by atoms with van der Waals surface area (Å²) in [6, 6.07) is 9.79. The Labute approximate surface area is 204 Å². The van der Waals surface area contributed by atoms with Gasteiger partial charge in [-0.3, -0.25) is 9.59 Å². The van der Waals surface area contributed by atoms with Crippen LogP contribution in [0.5, 0.6) is 0 Å². The Morgan fingerprint density at radius 1 is 1.09 bits per heavy atom. The average molecular weight is 546 g/mol. The van der Waals surface area contributed by atoms with E-state index in [4.69, 9.17) is 16.7 Å². The number of fused-ring (bicyclic) bond motifs is 1. The zero-order valence-corrected chi connectivity index (χ0v) is 21.0. The van der Waals surface area contributed by atoms with Gasteiger partial charge < -0.3 is 9.30 Å². The number of carbonyl (C=O) groups excluding carboxylic acids is 2. The van der Waals surface area contributed by atoms with Gasteiger partial charge in [0.15, 0.2) is 14.6 Å². The van der Waals surface area contributed by atoms with Crippen LogP contribution in [0.2, 0.25) is 5.02 Å². The van der Waals surface area contributed by atoms with Crippen molar-refractivity contribution in [1.29, 1.82) is 0 Å². The van der Waals surface area contributed by atoms with E-state index in [0.717, 1.165) is 11.3 Å². The Bertz CT molecular complexity index is 1520. The standard InChI is InChI=1S/C20H20ClN3O7S3/c1-31-19(26)12-24-16-9-8-15(34(22,29)30)11-17(16)32-20(24)23-18(25)3-2-10-33(27,28)14-6-4-13(21)5-7-14/h4-9,11H,2-3,10,12H2,1H3,(H2,22,29,30). The lowest BCUT2D eigenvalue weighted by Crippen LogP contribution is -2.22. The molecule has 2 aromatic carbocycles. The van der Waals surface area contributed by atoms with E-state index in [1.165, 1.54) is 54.1 Å². The molecular formula is C20H20ClN3O7S3. The lowest BCUT2D eigenvalue weighted by molar-refractivity contribution is -0.141. The number of hydrogen-bond acceptors (Lipinski definition) is 8. The zero-order valence-electron chi connectivity index (χ0n) is 17.8. The Hall–Kier alpha value is -2.58. The number of halogens is 1. The van der Waals surface area contributed by atoms with E-state index < -0.39 is 31.7 Å². The number of esters is 1. The van der Waals surface area contributed by atoms with Crippen molar-refractivity contribution in [3.8, 4) is 0 Å². The van der Waals surface area contributed by atoms with Crippen molar-refractivity contribution in [1.82, 2.24) is 4.57 Å². The molecular weight excluding hydrogens is 526 g/mol. The van der Waals surface area contributed by atoms with Crippen LogP contribution < -0.4 is 9.94 Å². The van der Waals surface area contributed by atoms with E-state index in [0.29, 0.717) is 15.2 Å². The van der Waals surface area contributed by atoms with Crippen molar-refractivity contribution in [2.45, 2.75) is 29.2 Å². The molecule has 0 radical (unpaired) electrons. The molecule has 1 heterocycles. The summed E-state index contributed by atoms with van der Waals surface area (Å²) in [5, 5.41) is 5.59. The van der Waals surface area contributed by atoms with Crippen LogP contribution >= 0.6 is 22.9 Å². The second kappa shape index (κ2) is 10.4. The predicted octanol–water partition coefficient (Wildman–Crippen LogP) is 1.86. The summed E-state index contributed by atoms with van der Waals surface area (Å²) >= 11 is 6.77. The van der Waals surface area contributed by atoms with Crippen LogP contribution in [0.3, 0.4) is 0 Å². The number of benzene rings is 2. The molecule has 0 saturated carbocycles. The number of rotatable bonds is 8. The molecule has 0 aliphatic rings. The van der Waals surface area contributed by atoms with Crippen LogP contribution in [0, 0.1) is 0 Å². The van der Waals surface area contributed by atoms with Gasteiger partial charge in [-0.15, -0.1) is 0 Å². The molecule has 14 heteroatoms. The highest BCUT2D eigenvalue weighted by atomic mass is 35.5. The normalized spacial score (nSPS) is 12.7. The largest absolute Gasteiger partial charge is 0.468 e. The van der Waals surface area contributed by atoms with Gasteiger partial charge in [-0.2, -0.15) is 4.99 Å². The zero-order chi connectivity index (χ0) is 25.1. The number of thiazole rings is 1. The molecule has 0 fully saturated rings. The number of ether oxygens (including phenoxy) is 1. The van der Waals surface area contributed by atoms with Crippen molar-refractivity contribution in [2.24, 2.45) is 10.1 Å². The molecule has 0 atom stereocenters. The smallest absolute Gasteiger partial charge is 0.325 e. The molecule has 3 rings (SSSR count). The van der Waals surface area contributed by atoms with Gasteiger partial charge in [0, 0.05) is 11.4 Å². The van der Waals surface area contributed by atoms with E-state index >= 15 is 0 Å². The highest BCUT2D eigenvalue weighted by Gasteiger charge is 2.17. The average Bonchev–Trinajstić information content (AvgIpc) is 3.09.